The first-order valence-electron chi connectivity index (χ1n) is 6.39. The van der Waals surface area contributed by atoms with E-state index in [0.717, 1.165) is 55.5 Å². The second-order valence-corrected chi connectivity index (χ2v) is 5.10. The first kappa shape index (κ1) is 12.4. The van der Waals surface area contributed by atoms with Crippen LogP contribution in [0.1, 0.15) is 17.7 Å². The summed E-state index contributed by atoms with van der Waals surface area (Å²) in [5.41, 5.74) is 4.06. The Morgan fingerprint density at radius 3 is 3.05 bits per heavy atom. The van der Waals surface area contributed by atoms with Gasteiger partial charge in [-0.3, -0.25) is 0 Å². The Morgan fingerprint density at radius 1 is 1.21 bits per heavy atom. The monoisotopic (exact) mass is 276 g/mol. The van der Waals surface area contributed by atoms with Crippen molar-refractivity contribution >= 4 is 11.3 Å². The summed E-state index contributed by atoms with van der Waals surface area (Å²) in [6, 6.07) is 6.04. The molecule has 1 aliphatic heterocycles. The maximum absolute atomic E-state index is 5.79. The minimum atomic E-state index is 0.718. The highest BCUT2D eigenvalue weighted by Crippen LogP contribution is 2.33. The Hall–Kier alpha value is -1.59. The smallest absolute Gasteiger partial charge is 0.165 e. The van der Waals surface area contributed by atoms with Gasteiger partial charge in [0.1, 0.15) is 0 Å². The van der Waals surface area contributed by atoms with Gasteiger partial charge in [0.2, 0.25) is 0 Å². The van der Waals surface area contributed by atoms with Crippen LogP contribution in [0, 0.1) is 0 Å². The molecule has 3 rings (SSSR count). The molecule has 1 aromatic carbocycles. The molecule has 0 saturated heterocycles. The zero-order valence-corrected chi connectivity index (χ0v) is 11.4. The molecule has 0 spiro atoms. The van der Waals surface area contributed by atoms with E-state index in [1.807, 2.05) is 17.6 Å². The van der Waals surface area contributed by atoms with Crippen molar-refractivity contribution in [2.24, 2.45) is 0 Å². The van der Waals surface area contributed by atoms with Crippen molar-refractivity contribution in [3.8, 4) is 11.5 Å². The summed E-state index contributed by atoms with van der Waals surface area (Å²) in [5.74, 6) is 1.73. The molecule has 1 aromatic heterocycles. The highest BCUT2D eigenvalue weighted by Gasteiger charge is 2.13. The zero-order chi connectivity index (χ0) is 12.9. The fraction of sp³-hybridized carbons (Fsp3) is 0.357. The number of para-hydroxylation sites is 1. The molecule has 0 atom stereocenters. The quantitative estimate of drug-likeness (QED) is 0.932. The molecule has 100 valence electrons. The molecule has 19 heavy (non-hydrogen) atoms. The lowest BCUT2D eigenvalue weighted by Crippen LogP contribution is -2.13. The Balaban J connectivity index is 1.67. The van der Waals surface area contributed by atoms with Gasteiger partial charge in [-0.25, -0.2) is 4.98 Å². The molecule has 0 saturated carbocycles. The number of rotatable bonds is 4. The van der Waals surface area contributed by atoms with Crippen molar-refractivity contribution in [1.29, 1.82) is 0 Å². The fourth-order valence-electron chi connectivity index (χ4n) is 2.04. The second kappa shape index (κ2) is 6.04. The molecule has 2 heterocycles. The number of nitrogens with zero attached hydrogens (tertiary/aromatic N) is 1. The summed E-state index contributed by atoms with van der Waals surface area (Å²) in [6.07, 6.45) is 0.931. The Labute approximate surface area is 116 Å². The minimum absolute atomic E-state index is 0.718. The molecule has 0 fully saturated rings. The van der Waals surface area contributed by atoms with Crippen LogP contribution in [0.3, 0.4) is 0 Å². The van der Waals surface area contributed by atoms with E-state index in [9.17, 15) is 0 Å². The van der Waals surface area contributed by atoms with Crippen LogP contribution in [-0.4, -0.2) is 18.2 Å². The van der Waals surface area contributed by atoms with Crippen molar-refractivity contribution in [2.75, 3.05) is 13.2 Å². The van der Waals surface area contributed by atoms with Gasteiger partial charge in [0, 0.05) is 30.5 Å². The number of aromatic nitrogens is 1. The number of hydrogen-bond donors (Lipinski definition) is 1. The maximum Gasteiger partial charge on any atom is 0.165 e. The lowest BCUT2D eigenvalue weighted by atomic mass is 10.2. The predicted octanol–water partition coefficient (Wildman–Crippen LogP) is 2.59. The topological polar surface area (TPSA) is 43.4 Å². The van der Waals surface area contributed by atoms with E-state index < -0.39 is 0 Å². The lowest BCUT2D eigenvalue weighted by molar-refractivity contribution is 0.296. The van der Waals surface area contributed by atoms with E-state index in [0.29, 0.717) is 0 Å². The Bertz CT molecular complexity index is 528. The Kier molecular flexibility index (Phi) is 3.95. The van der Waals surface area contributed by atoms with Gasteiger partial charge < -0.3 is 14.8 Å². The molecular weight excluding hydrogens is 260 g/mol. The molecule has 0 amide bonds. The minimum Gasteiger partial charge on any atom is -0.490 e. The third-order valence-electron chi connectivity index (χ3n) is 2.96. The predicted molar refractivity (Wildman–Crippen MR) is 74.7 cm³/mol. The molecule has 5 heteroatoms. The number of thiazole rings is 1. The van der Waals surface area contributed by atoms with Crippen molar-refractivity contribution in [1.82, 2.24) is 10.3 Å². The normalized spacial score (nSPS) is 14.1. The van der Waals surface area contributed by atoms with Crippen LogP contribution >= 0.6 is 11.3 Å². The van der Waals surface area contributed by atoms with Gasteiger partial charge in [0.05, 0.1) is 24.4 Å². The Morgan fingerprint density at radius 2 is 2.16 bits per heavy atom. The van der Waals surface area contributed by atoms with Crippen LogP contribution in [0.25, 0.3) is 0 Å². The van der Waals surface area contributed by atoms with Gasteiger partial charge in [0.25, 0.3) is 0 Å². The first-order chi connectivity index (χ1) is 9.43. The zero-order valence-electron chi connectivity index (χ0n) is 10.6. The molecule has 0 radical (unpaired) electrons. The number of fused-ring (bicyclic) bond motifs is 1. The largest absolute Gasteiger partial charge is 0.490 e. The second-order valence-electron chi connectivity index (χ2n) is 4.38. The first-order valence-corrected chi connectivity index (χ1v) is 7.33. The van der Waals surface area contributed by atoms with E-state index in [-0.39, 0.29) is 0 Å². The van der Waals surface area contributed by atoms with Crippen LogP contribution in [0.4, 0.5) is 0 Å². The SMILES string of the molecule is c1cc(CNCc2cscn2)c2c(c1)OCCCO2. The van der Waals surface area contributed by atoms with Crippen LogP contribution in [0.15, 0.2) is 29.1 Å². The van der Waals surface area contributed by atoms with Crippen molar-refractivity contribution in [3.05, 3.63) is 40.3 Å². The van der Waals surface area contributed by atoms with Gasteiger partial charge in [-0.2, -0.15) is 0 Å². The third-order valence-corrected chi connectivity index (χ3v) is 3.59. The summed E-state index contributed by atoms with van der Waals surface area (Å²) in [6.45, 7) is 2.97. The highest BCUT2D eigenvalue weighted by molar-refractivity contribution is 7.07. The van der Waals surface area contributed by atoms with Crippen molar-refractivity contribution in [3.63, 3.8) is 0 Å². The molecule has 0 aliphatic carbocycles. The molecular formula is C14H16N2O2S. The molecule has 1 aliphatic rings. The number of hydrogen-bond acceptors (Lipinski definition) is 5. The van der Waals surface area contributed by atoms with E-state index in [2.05, 4.69) is 21.7 Å². The maximum atomic E-state index is 5.79. The van der Waals surface area contributed by atoms with Crippen LogP contribution in [0.5, 0.6) is 11.5 Å². The van der Waals surface area contributed by atoms with E-state index in [4.69, 9.17) is 9.47 Å². The average molecular weight is 276 g/mol. The highest BCUT2D eigenvalue weighted by atomic mass is 32.1. The molecule has 0 bridgehead atoms. The average Bonchev–Trinajstić information content (AvgIpc) is 2.82. The lowest BCUT2D eigenvalue weighted by Gasteiger charge is -2.12. The fourth-order valence-corrected chi connectivity index (χ4v) is 2.60. The van der Waals surface area contributed by atoms with E-state index in [1.165, 1.54) is 0 Å². The van der Waals surface area contributed by atoms with E-state index >= 15 is 0 Å². The number of ether oxygens (including phenoxy) is 2. The van der Waals surface area contributed by atoms with E-state index in [1.54, 1.807) is 11.3 Å². The van der Waals surface area contributed by atoms with Crippen LogP contribution in [-0.2, 0) is 13.1 Å². The van der Waals surface area contributed by atoms with Gasteiger partial charge >= 0.3 is 0 Å². The number of nitrogens with one attached hydrogen (secondary N) is 1. The van der Waals surface area contributed by atoms with Gasteiger partial charge in [-0.15, -0.1) is 11.3 Å². The molecule has 2 aromatic rings. The van der Waals surface area contributed by atoms with Gasteiger partial charge in [0.15, 0.2) is 11.5 Å². The molecule has 1 N–H and O–H groups in total. The standard InChI is InChI=1S/C14H16N2O2S/c1-3-11(7-15-8-12-9-19-10-16-12)14-13(4-1)17-5-2-6-18-14/h1,3-4,9-10,15H,2,5-8H2. The summed E-state index contributed by atoms with van der Waals surface area (Å²) in [5, 5.41) is 5.44. The summed E-state index contributed by atoms with van der Waals surface area (Å²) >= 11 is 1.62. The van der Waals surface area contributed by atoms with Gasteiger partial charge in [-0.05, 0) is 6.07 Å². The van der Waals surface area contributed by atoms with Crippen molar-refractivity contribution < 1.29 is 9.47 Å². The van der Waals surface area contributed by atoms with Crippen LogP contribution < -0.4 is 14.8 Å². The van der Waals surface area contributed by atoms with Gasteiger partial charge in [-0.1, -0.05) is 12.1 Å². The summed E-state index contributed by atoms with van der Waals surface area (Å²) in [4.78, 5) is 4.25. The summed E-state index contributed by atoms with van der Waals surface area (Å²) < 4.78 is 11.5. The van der Waals surface area contributed by atoms with Crippen molar-refractivity contribution in [2.45, 2.75) is 19.5 Å². The van der Waals surface area contributed by atoms with Crippen LogP contribution in [0.2, 0.25) is 0 Å². The molecule has 0 unspecified atom stereocenters. The summed E-state index contributed by atoms with van der Waals surface area (Å²) in [7, 11) is 0. The molecule has 4 nitrogen and oxygen atoms in total. The number of benzene rings is 1. The third kappa shape index (κ3) is 3.05.